The number of aryl methyl sites for hydroxylation is 2. The highest BCUT2D eigenvalue weighted by atomic mass is 19.1. The van der Waals surface area contributed by atoms with Gasteiger partial charge in [0.2, 0.25) is 0 Å². The van der Waals surface area contributed by atoms with Crippen molar-refractivity contribution in [2.24, 2.45) is 0 Å². The van der Waals surface area contributed by atoms with Crippen LogP contribution in [0, 0.1) is 12.7 Å². The number of hydrogen-bond donors (Lipinski definition) is 0. The van der Waals surface area contributed by atoms with E-state index in [9.17, 15) is 4.39 Å². The van der Waals surface area contributed by atoms with Crippen molar-refractivity contribution in [3.05, 3.63) is 65.2 Å². The maximum Gasteiger partial charge on any atom is 0.125 e. The molecule has 0 saturated carbocycles. The van der Waals surface area contributed by atoms with Crippen molar-refractivity contribution >= 4 is 11.0 Å². The Morgan fingerprint density at radius 2 is 1.88 bits per heavy atom. The van der Waals surface area contributed by atoms with Crippen molar-refractivity contribution in [1.29, 1.82) is 0 Å². The second-order valence-corrected chi connectivity index (χ2v) is 6.14. The first kappa shape index (κ1) is 16.7. The maximum absolute atomic E-state index is 13.5. The minimum absolute atomic E-state index is 0.234. The van der Waals surface area contributed by atoms with E-state index in [4.69, 9.17) is 0 Å². The number of rotatable bonds is 6. The molecule has 0 atom stereocenters. The Balaban J connectivity index is 1.88. The molecule has 0 bridgehead atoms. The van der Waals surface area contributed by atoms with Crippen molar-refractivity contribution in [1.82, 2.24) is 14.5 Å². The van der Waals surface area contributed by atoms with Crippen molar-refractivity contribution < 1.29 is 4.39 Å². The quantitative estimate of drug-likeness (QED) is 0.664. The molecule has 0 spiro atoms. The van der Waals surface area contributed by atoms with E-state index in [0.29, 0.717) is 0 Å². The minimum Gasteiger partial charge on any atom is -0.327 e. The van der Waals surface area contributed by atoms with Gasteiger partial charge in [-0.25, -0.2) is 9.37 Å². The number of nitrogens with zero attached hydrogens (tertiary/aromatic N) is 3. The predicted molar refractivity (Wildman–Crippen MR) is 96.3 cm³/mol. The topological polar surface area (TPSA) is 21.1 Å². The van der Waals surface area contributed by atoms with E-state index in [1.807, 2.05) is 6.07 Å². The van der Waals surface area contributed by atoms with E-state index in [-0.39, 0.29) is 5.82 Å². The minimum atomic E-state index is -0.234. The predicted octanol–water partition coefficient (Wildman–Crippen LogP) is 4.53. The second kappa shape index (κ2) is 7.14. The van der Waals surface area contributed by atoms with E-state index in [1.165, 1.54) is 23.3 Å². The summed E-state index contributed by atoms with van der Waals surface area (Å²) < 4.78 is 15.7. The second-order valence-electron chi connectivity index (χ2n) is 6.14. The lowest BCUT2D eigenvalue weighted by atomic mass is 10.1. The van der Waals surface area contributed by atoms with Gasteiger partial charge in [0.1, 0.15) is 11.6 Å². The summed E-state index contributed by atoms with van der Waals surface area (Å²) >= 11 is 0. The van der Waals surface area contributed by atoms with Gasteiger partial charge >= 0.3 is 0 Å². The fourth-order valence-corrected chi connectivity index (χ4v) is 3.13. The zero-order valence-electron chi connectivity index (χ0n) is 14.6. The van der Waals surface area contributed by atoms with Crippen LogP contribution in [0.25, 0.3) is 11.0 Å². The first-order chi connectivity index (χ1) is 11.6. The highest BCUT2D eigenvalue weighted by Crippen LogP contribution is 2.20. The Morgan fingerprint density at radius 1 is 1.08 bits per heavy atom. The van der Waals surface area contributed by atoms with Gasteiger partial charge in [-0.05, 0) is 43.7 Å². The molecule has 0 amide bonds. The maximum atomic E-state index is 13.5. The molecular formula is C20H24FN3. The molecule has 1 heterocycles. The molecule has 0 aliphatic heterocycles. The van der Waals surface area contributed by atoms with Crippen molar-refractivity contribution in [2.45, 2.75) is 40.4 Å². The zero-order valence-corrected chi connectivity index (χ0v) is 14.6. The largest absolute Gasteiger partial charge is 0.327 e. The van der Waals surface area contributed by atoms with Crippen LogP contribution in [-0.2, 0) is 19.6 Å². The van der Waals surface area contributed by atoms with Crippen molar-refractivity contribution in [3.63, 3.8) is 0 Å². The Labute approximate surface area is 142 Å². The Morgan fingerprint density at radius 3 is 2.58 bits per heavy atom. The molecule has 0 fully saturated rings. The number of benzene rings is 2. The lowest BCUT2D eigenvalue weighted by molar-refractivity contribution is 0.260. The van der Waals surface area contributed by atoms with Crippen molar-refractivity contribution in [3.8, 4) is 0 Å². The Bertz CT molecular complexity index is 838. The van der Waals surface area contributed by atoms with E-state index < -0.39 is 0 Å². The number of imidazole rings is 1. The van der Waals surface area contributed by atoms with Crippen LogP contribution in [0.1, 0.15) is 30.8 Å². The van der Waals surface area contributed by atoms with Gasteiger partial charge in [0.15, 0.2) is 0 Å². The molecule has 0 saturated heterocycles. The van der Waals surface area contributed by atoms with E-state index >= 15 is 0 Å². The van der Waals surface area contributed by atoms with Crippen LogP contribution in [0.15, 0.2) is 42.5 Å². The third-order valence-corrected chi connectivity index (χ3v) is 4.57. The summed E-state index contributed by atoms with van der Waals surface area (Å²) in [6.07, 6.45) is 0. The molecule has 0 aliphatic carbocycles. The average Bonchev–Trinajstić information content (AvgIpc) is 2.92. The van der Waals surface area contributed by atoms with Crippen molar-refractivity contribution in [2.75, 3.05) is 6.54 Å². The molecule has 0 radical (unpaired) electrons. The third kappa shape index (κ3) is 3.34. The van der Waals surface area contributed by atoms with Crippen LogP contribution >= 0.6 is 0 Å². The average molecular weight is 325 g/mol. The van der Waals surface area contributed by atoms with Gasteiger partial charge in [0, 0.05) is 19.2 Å². The monoisotopic (exact) mass is 325 g/mol. The summed E-state index contributed by atoms with van der Waals surface area (Å²) in [5, 5.41) is 0. The van der Waals surface area contributed by atoms with Crippen LogP contribution in [0.2, 0.25) is 0 Å². The van der Waals surface area contributed by atoms with E-state index in [0.717, 1.165) is 43.0 Å². The van der Waals surface area contributed by atoms with Crippen LogP contribution in [0.4, 0.5) is 4.39 Å². The zero-order chi connectivity index (χ0) is 17.1. The number of hydrogen-bond acceptors (Lipinski definition) is 2. The molecule has 4 heteroatoms. The summed E-state index contributed by atoms with van der Waals surface area (Å²) in [5.74, 6) is 0.760. The molecular weight excluding hydrogens is 301 g/mol. The summed E-state index contributed by atoms with van der Waals surface area (Å²) in [5.41, 5.74) is 4.38. The molecule has 24 heavy (non-hydrogen) atoms. The van der Waals surface area contributed by atoms with Gasteiger partial charge < -0.3 is 4.57 Å². The van der Waals surface area contributed by atoms with E-state index in [2.05, 4.69) is 59.5 Å². The van der Waals surface area contributed by atoms with Gasteiger partial charge in [-0.2, -0.15) is 0 Å². The molecule has 3 rings (SSSR count). The number of fused-ring (bicyclic) bond motifs is 1. The third-order valence-electron chi connectivity index (χ3n) is 4.57. The summed E-state index contributed by atoms with van der Waals surface area (Å²) in [4.78, 5) is 7.04. The molecule has 0 aliphatic rings. The summed E-state index contributed by atoms with van der Waals surface area (Å²) in [6.45, 7) is 9.84. The molecule has 0 unspecified atom stereocenters. The highest BCUT2D eigenvalue weighted by molar-refractivity contribution is 5.76. The van der Waals surface area contributed by atoms with Gasteiger partial charge in [-0.3, -0.25) is 4.90 Å². The first-order valence-electron chi connectivity index (χ1n) is 8.54. The number of aromatic nitrogens is 2. The molecule has 2 aromatic carbocycles. The Hall–Kier alpha value is -2.20. The molecule has 3 aromatic rings. The lowest BCUT2D eigenvalue weighted by Crippen LogP contribution is -2.24. The smallest absolute Gasteiger partial charge is 0.125 e. The highest BCUT2D eigenvalue weighted by Gasteiger charge is 2.14. The van der Waals surface area contributed by atoms with Gasteiger partial charge in [-0.15, -0.1) is 0 Å². The van der Waals surface area contributed by atoms with Gasteiger partial charge in [0.25, 0.3) is 0 Å². The number of halogens is 1. The molecule has 3 nitrogen and oxygen atoms in total. The standard InChI is InChI=1S/C20H24FN3/c1-4-23(13-16-9-7-6-8-15(16)3)14-20-22-18-12-17(21)10-11-19(18)24(20)5-2/h6-12H,4-5,13-14H2,1-3H3. The molecule has 126 valence electrons. The van der Waals surface area contributed by atoms with E-state index in [1.54, 1.807) is 0 Å². The van der Waals surface area contributed by atoms with Crippen LogP contribution < -0.4 is 0 Å². The van der Waals surface area contributed by atoms with Gasteiger partial charge in [-0.1, -0.05) is 31.2 Å². The lowest BCUT2D eigenvalue weighted by Gasteiger charge is -2.21. The summed E-state index contributed by atoms with van der Waals surface area (Å²) in [7, 11) is 0. The van der Waals surface area contributed by atoms with Crippen LogP contribution in [0.3, 0.4) is 0 Å². The van der Waals surface area contributed by atoms with Crippen LogP contribution in [0.5, 0.6) is 0 Å². The fraction of sp³-hybridized carbons (Fsp3) is 0.350. The fourth-order valence-electron chi connectivity index (χ4n) is 3.13. The molecule has 0 N–H and O–H groups in total. The van der Waals surface area contributed by atoms with Crippen LogP contribution in [-0.4, -0.2) is 21.0 Å². The SMILES string of the molecule is CCN(Cc1ccccc1C)Cc1nc2cc(F)ccc2n1CC. The summed E-state index contributed by atoms with van der Waals surface area (Å²) in [6, 6.07) is 13.3. The van der Waals surface area contributed by atoms with Gasteiger partial charge in [0.05, 0.1) is 17.6 Å². The first-order valence-corrected chi connectivity index (χ1v) is 8.54. The molecule has 1 aromatic heterocycles. The Kier molecular flexibility index (Phi) is 4.95. The normalized spacial score (nSPS) is 11.5.